The van der Waals surface area contributed by atoms with Gasteiger partial charge in [0, 0.05) is 25.2 Å². The molecule has 1 N–H and O–H groups in total. The van der Waals surface area contributed by atoms with E-state index >= 15 is 0 Å². The van der Waals surface area contributed by atoms with Crippen molar-refractivity contribution in [1.29, 1.82) is 0 Å². The number of amides is 2. The predicted octanol–water partition coefficient (Wildman–Crippen LogP) is 2.56. The zero-order valence-corrected chi connectivity index (χ0v) is 13.6. The number of hydrogen-bond acceptors (Lipinski definition) is 3. The number of hydrogen-bond donors (Lipinski definition) is 1. The Morgan fingerprint density at radius 1 is 1.19 bits per heavy atom. The average molecular weight is 356 g/mol. The van der Waals surface area contributed by atoms with Gasteiger partial charge < -0.3 is 10.2 Å². The van der Waals surface area contributed by atoms with Gasteiger partial charge in [-0.3, -0.25) is 9.20 Å². The minimum Gasteiger partial charge on any atom is -0.320 e. The molecule has 1 aliphatic rings. The monoisotopic (exact) mass is 356 g/mol. The SMILES string of the molecule is O=C(Nc1ccc(F)cc1F)N1CCc2nc3ccccn3c(=O)c2C1. The van der Waals surface area contributed by atoms with Gasteiger partial charge in [-0.05, 0) is 24.3 Å². The molecule has 2 aromatic heterocycles. The van der Waals surface area contributed by atoms with Gasteiger partial charge in [0.25, 0.3) is 5.56 Å². The van der Waals surface area contributed by atoms with Crippen LogP contribution in [0.5, 0.6) is 0 Å². The quantitative estimate of drug-likeness (QED) is 0.729. The van der Waals surface area contributed by atoms with Crippen LogP contribution in [0.25, 0.3) is 5.65 Å². The van der Waals surface area contributed by atoms with Gasteiger partial charge in [0.05, 0.1) is 23.5 Å². The van der Waals surface area contributed by atoms with Gasteiger partial charge in [0.1, 0.15) is 17.3 Å². The first kappa shape index (κ1) is 16.2. The Kier molecular flexibility index (Phi) is 3.87. The van der Waals surface area contributed by atoms with Gasteiger partial charge >= 0.3 is 6.03 Å². The third-order valence-corrected chi connectivity index (χ3v) is 4.34. The summed E-state index contributed by atoms with van der Waals surface area (Å²) >= 11 is 0. The van der Waals surface area contributed by atoms with Crippen LogP contribution >= 0.6 is 0 Å². The number of anilines is 1. The lowest BCUT2D eigenvalue weighted by Gasteiger charge is -2.28. The smallest absolute Gasteiger partial charge is 0.320 e. The van der Waals surface area contributed by atoms with Gasteiger partial charge in [-0.2, -0.15) is 0 Å². The van der Waals surface area contributed by atoms with Crippen molar-refractivity contribution >= 4 is 17.4 Å². The number of carbonyl (C=O) groups excluding carboxylic acids is 1. The van der Waals surface area contributed by atoms with Gasteiger partial charge in [0.15, 0.2) is 0 Å². The third-order valence-electron chi connectivity index (χ3n) is 4.34. The molecule has 0 atom stereocenters. The maximum Gasteiger partial charge on any atom is 0.322 e. The van der Waals surface area contributed by atoms with Crippen molar-refractivity contribution in [3.8, 4) is 0 Å². The van der Waals surface area contributed by atoms with E-state index in [4.69, 9.17) is 0 Å². The Hall–Kier alpha value is -3.29. The highest BCUT2D eigenvalue weighted by Crippen LogP contribution is 2.19. The summed E-state index contributed by atoms with van der Waals surface area (Å²) in [6.45, 7) is 0.421. The molecular formula is C18H14F2N4O2. The maximum absolute atomic E-state index is 13.7. The first-order chi connectivity index (χ1) is 12.5. The van der Waals surface area contributed by atoms with E-state index in [0.29, 0.717) is 35.9 Å². The zero-order chi connectivity index (χ0) is 18.3. The fourth-order valence-corrected chi connectivity index (χ4v) is 3.01. The lowest BCUT2D eigenvalue weighted by atomic mass is 10.1. The highest BCUT2D eigenvalue weighted by molar-refractivity contribution is 5.89. The van der Waals surface area contributed by atoms with Gasteiger partial charge in [-0.25, -0.2) is 18.6 Å². The van der Waals surface area contributed by atoms with Crippen LogP contribution in [0, 0.1) is 11.6 Å². The molecule has 0 fully saturated rings. The molecule has 0 aliphatic carbocycles. The molecule has 3 heterocycles. The number of nitrogens with one attached hydrogen (secondary N) is 1. The first-order valence-corrected chi connectivity index (χ1v) is 8.03. The molecule has 132 valence electrons. The second kappa shape index (κ2) is 6.21. The van der Waals surface area contributed by atoms with Crippen LogP contribution in [0.15, 0.2) is 47.4 Å². The second-order valence-corrected chi connectivity index (χ2v) is 6.00. The standard InChI is InChI=1S/C18H14F2N4O2/c19-11-4-5-15(13(20)9-11)22-18(26)23-8-6-14-12(10-23)17(25)24-7-2-1-3-16(24)21-14/h1-5,7,9H,6,8,10H2,(H,22,26). The molecule has 1 aliphatic heterocycles. The number of pyridine rings is 1. The Labute approximate surface area is 146 Å². The molecule has 0 unspecified atom stereocenters. The van der Waals surface area contributed by atoms with E-state index < -0.39 is 17.7 Å². The molecule has 0 saturated heterocycles. The molecule has 0 saturated carbocycles. The summed E-state index contributed by atoms with van der Waals surface area (Å²) in [4.78, 5) is 31.0. The van der Waals surface area contributed by atoms with E-state index in [1.165, 1.54) is 9.30 Å². The minimum atomic E-state index is -0.858. The second-order valence-electron chi connectivity index (χ2n) is 6.00. The van der Waals surface area contributed by atoms with Crippen LogP contribution in [-0.4, -0.2) is 26.9 Å². The number of aromatic nitrogens is 2. The fourth-order valence-electron chi connectivity index (χ4n) is 3.01. The molecule has 2 amide bonds. The molecule has 0 bridgehead atoms. The van der Waals surface area contributed by atoms with Crippen molar-refractivity contribution in [3.63, 3.8) is 0 Å². The summed E-state index contributed by atoms with van der Waals surface area (Å²) in [6.07, 6.45) is 2.05. The van der Waals surface area contributed by atoms with Crippen LogP contribution in [0.2, 0.25) is 0 Å². The van der Waals surface area contributed by atoms with Crippen LogP contribution < -0.4 is 10.9 Å². The van der Waals surface area contributed by atoms with Crippen LogP contribution in [0.1, 0.15) is 11.3 Å². The lowest BCUT2D eigenvalue weighted by molar-refractivity contribution is 0.205. The van der Waals surface area contributed by atoms with Crippen molar-refractivity contribution in [3.05, 3.63) is 75.8 Å². The minimum absolute atomic E-state index is 0.0770. The van der Waals surface area contributed by atoms with Crippen molar-refractivity contribution in [2.75, 3.05) is 11.9 Å². The summed E-state index contributed by atoms with van der Waals surface area (Å²) in [7, 11) is 0. The van der Waals surface area contributed by atoms with Gasteiger partial charge in [-0.15, -0.1) is 0 Å². The van der Waals surface area contributed by atoms with E-state index in [0.717, 1.165) is 12.1 Å². The first-order valence-electron chi connectivity index (χ1n) is 8.03. The van der Waals surface area contributed by atoms with Crippen molar-refractivity contribution in [2.45, 2.75) is 13.0 Å². The van der Waals surface area contributed by atoms with E-state index in [9.17, 15) is 18.4 Å². The Morgan fingerprint density at radius 3 is 2.85 bits per heavy atom. The topological polar surface area (TPSA) is 66.7 Å². The molecular weight excluding hydrogens is 342 g/mol. The van der Waals surface area contributed by atoms with Crippen molar-refractivity contribution in [2.24, 2.45) is 0 Å². The lowest BCUT2D eigenvalue weighted by Crippen LogP contribution is -2.42. The third kappa shape index (κ3) is 2.79. The number of fused-ring (bicyclic) bond motifs is 2. The largest absolute Gasteiger partial charge is 0.322 e. The number of rotatable bonds is 1. The number of benzene rings is 1. The summed E-state index contributed by atoms with van der Waals surface area (Å²) in [5.74, 6) is -1.58. The van der Waals surface area contributed by atoms with E-state index in [1.54, 1.807) is 24.4 Å². The number of carbonyl (C=O) groups is 1. The average Bonchev–Trinajstić information content (AvgIpc) is 2.64. The molecule has 0 radical (unpaired) electrons. The molecule has 8 heteroatoms. The number of nitrogens with zero attached hydrogens (tertiary/aromatic N) is 3. The van der Waals surface area contributed by atoms with Crippen LogP contribution in [-0.2, 0) is 13.0 Å². The summed E-state index contributed by atoms with van der Waals surface area (Å²) < 4.78 is 28.1. The predicted molar refractivity (Wildman–Crippen MR) is 91.0 cm³/mol. The Bertz CT molecular complexity index is 1080. The molecule has 6 nitrogen and oxygen atoms in total. The zero-order valence-electron chi connectivity index (χ0n) is 13.6. The van der Waals surface area contributed by atoms with E-state index in [1.807, 2.05) is 0 Å². The maximum atomic E-state index is 13.7. The van der Waals surface area contributed by atoms with Crippen LogP contribution in [0.4, 0.5) is 19.3 Å². The Balaban J connectivity index is 1.61. The summed E-state index contributed by atoms with van der Waals surface area (Å²) in [5, 5.41) is 2.41. The van der Waals surface area contributed by atoms with E-state index in [-0.39, 0.29) is 17.8 Å². The van der Waals surface area contributed by atoms with Gasteiger partial charge in [-0.1, -0.05) is 6.07 Å². The fraction of sp³-hybridized carbons (Fsp3) is 0.167. The highest BCUT2D eigenvalue weighted by Gasteiger charge is 2.25. The highest BCUT2D eigenvalue weighted by atomic mass is 19.1. The normalized spacial score (nSPS) is 13.5. The van der Waals surface area contributed by atoms with Crippen LogP contribution in [0.3, 0.4) is 0 Å². The Morgan fingerprint density at radius 2 is 2.04 bits per heavy atom. The summed E-state index contributed by atoms with van der Waals surface area (Å²) in [5.41, 5.74) is 1.32. The van der Waals surface area contributed by atoms with Crippen molar-refractivity contribution in [1.82, 2.24) is 14.3 Å². The molecule has 1 aromatic carbocycles. The number of urea groups is 1. The summed E-state index contributed by atoms with van der Waals surface area (Å²) in [6, 6.07) is 7.64. The molecule has 0 spiro atoms. The molecule has 3 aromatic rings. The van der Waals surface area contributed by atoms with Gasteiger partial charge in [0.2, 0.25) is 0 Å². The number of halogens is 2. The molecule has 4 rings (SSSR count). The molecule has 26 heavy (non-hydrogen) atoms. The van der Waals surface area contributed by atoms with E-state index in [2.05, 4.69) is 10.3 Å². The van der Waals surface area contributed by atoms with Crippen molar-refractivity contribution < 1.29 is 13.6 Å².